The van der Waals surface area contributed by atoms with E-state index in [0.29, 0.717) is 28.3 Å². The van der Waals surface area contributed by atoms with Gasteiger partial charge in [-0.15, -0.1) is 0 Å². The Morgan fingerprint density at radius 2 is 2.00 bits per heavy atom. The molecule has 2 aromatic carbocycles. The van der Waals surface area contributed by atoms with Crippen LogP contribution in [0.5, 0.6) is 5.75 Å². The van der Waals surface area contributed by atoms with E-state index in [1.165, 1.54) is 12.1 Å². The van der Waals surface area contributed by atoms with Gasteiger partial charge in [0.15, 0.2) is 0 Å². The predicted octanol–water partition coefficient (Wildman–Crippen LogP) is 4.85. The summed E-state index contributed by atoms with van der Waals surface area (Å²) in [6.07, 6.45) is -0.154. The first kappa shape index (κ1) is 21.5. The molecule has 0 saturated carbocycles. The van der Waals surface area contributed by atoms with Crippen LogP contribution in [0.4, 0.5) is 9.18 Å². The Bertz CT molecular complexity index is 888. The second kappa shape index (κ2) is 9.43. The molecule has 0 aromatic heterocycles. The van der Waals surface area contributed by atoms with E-state index in [1.807, 2.05) is 6.07 Å². The summed E-state index contributed by atoms with van der Waals surface area (Å²) in [5.74, 6) is 0.115. The van der Waals surface area contributed by atoms with E-state index in [4.69, 9.17) is 26.3 Å². The number of halogens is 2. The first-order chi connectivity index (χ1) is 13.2. The quantitative estimate of drug-likeness (QED) is 0.699. The number of nitrogens with zero attached hydrogens (tertiary/aromatic N) is 1. The molecule has 0 aliphatic rings. The summed E-state index contributed by atoms with van der Waals surface area (Å²) in [5.41, 5.74) is 1.22. The predicted molar refractivity (Wildman–Crippen MR) is 105 cm³/mol. The van der Waals surface area contributed by atoms with Crippen LogP contribution in [0.3, 0.4) is 0 Å². The molecule has 1 amide bonds. The van der Waals surface area contributed by atoms with E-state index in [-0.39, 0.29) is 19.0 Å². The SMILES string of the molecule is CC(C)(C)OC(=O)NCCOc1ccc(F)cc1Cc1ccc(Cl)c(C#N)c1. The van der Waals surface area contributed by atoms with Crippen molar-refractivity contribution < 1.29 is 18.7 Å². The highest BCUT2D eigenvalue weighted by Gasteiger charge is 2.15. The third-order valence-electron chi connectivity index (χ3n) is 3.60. The number of carbonyl (C=O) groups is 1. The number of hydrogen-bond donors (Lipinski definition) is 1. The standard InChI is InChI=1S/C21H22ClFN2O3/c1-21(2,3)28-20(26)25-8-9-27-19-7-5-17(23)12-15(19)10-14-4-6-18(22)16(11-14)13-24/h4-7,11-12H,8-10H2,1-3H3,(H,25,26). The van der Waals surface area contributed by atoms with Crippen molar-refractivity contribution in [1.82, 2.24) is 5.32 Å². The van der Waals surface area contributed by atoms with E-state index >= 15 is 0 Å². The summed E-state index contributed by atoms with van der Waals surface area (Å²) in [4.78, 5) is 11.6. The maximum Gasteiger partial charge on any atom is 0.407 e. The minimum absolute atomic E-state index is 0.196. The van der Waals surface area contributed by atoms with Gasteiger partial charge >= 0.3 is 6.09 Å². The fourth-order valence-electron chi connectivity index (χ4n) is 2.44. The zero-order chi connectivity index (χ0) is 20.7. The van der Waals surface area contributed by atoms with Gasteiger partial charge in [0, 0.05) is 12.0 Å². The largest absolute Gasteiger partial charge is 0.491 e. The maximum absolute atomic E-state index is 13.7. The van der Waals surface area contributed by atoms with Crippen molar-refractivity contribution in [3.63, 3.8) is 0 Å². The van der Waals surface area contributed by atoms with Gasteiger partial charge in [0.1, 0.15) is 29.8 Å². The zero-order valence-electron chi connectivity index (χ0n) is 16.0. The molecule has 5 nitrogen and oxygen atoms in total. The second-order valence-corrected chi connectivity index (χ2v) is 7.54. The molecule has 0 heterocycles. The van der Waals surface area contributed by atoms with E-state index < -0.39 is 11.7 Å². The molecule has 2 rings (SSSR count). The van der Waals surface area contributed by atoms with Crippen molar-refractivity contribution in [2.45, 2.75) is 32.8 Å². The molecule has 0 fully saturated rings. The number of amides is 1. The lowest BCUT2D eigenvalue weighted by Crippen LogP contribution is -2.34. The first-order valence-corrected chi connectivity index (χ1v) is 9.12. The third kappa shape index (κ3) is 6.75. The summed E-state index contributed by atoms with van der Waals surface area (Å²) in [5, 5.41) is 12.1. The van der Waals surface area contributed by atoms with Crippen LogP contribution in [0, 0.1) is 17.1 Å². The molecule has 0 saturated heterocycles. The molecule has 28 heavy (non-hydrogen) atoms. The summed E-state index contributed by atoms with van der Waals surface area (Å²) < 4.78 is 24.6. The number of hydrogen-bond acceptors (Lipinski definition) is 4. The van der Waals surface area contributed by atoms with Gasteiger partial charge in [-0.05, 0) is 56.7 Å². The fourth-order valence-corrected chi connectivity index (χ4v) is 2.60. The number of nitriles is 1. The molecule has 2 aromatic rings. The topological polar surface area (TPSA) is 71.3 Å². The molecule has 7 heteroatoms. The number of rotatable bonds is 6. The molecular weight excluding hydrogens is 383 g/mol. The molecule has 0 atom stereocenters. The van der Waals surface area contributed by atoms with Crippen molar-refractivity contribution >= 4 is 17.7 Å². The van der Waals surface area contributed by atoms with Crippen LogP contribution >= 0.6 is 11.6 Å². The van der Waals surface area contributed by atoms with Gasteiger partial charge in [0.2, 0.25) is 0 Å². The van der Waals surface area contributed by atoms with Gasteiger partial charge in [-0.3, -0.25) is 0 Å². The van der Waals surface area contributed by atoms with Crippen molar-refractivity contribution in [2.75, 3.05) is 13.2 Å². The lowest BCUT2D eigenvalue weighted by molar-refractivity contribution is 0.0520. The monoisotopic (exact) mass is 404 g/mol. The average Bonchev–Trinajstić information content (AvgIpc) is 2.60. The van der Waals surface area contributed by atoms with Crippen molar-refractivity contribution in [3.8, 4) is 11.8 Å². The molecule has 0 aliphatic heterocycles. The molecule has 0 spiro atoms. The Kier molecular flexibility index (Phi) is 7.24. The van der Waals surface area contributed by atoms with Crippen LogP contribution in [0.25, 0.3) is 0 Å². The van der Waals surface area contributed by atoms with E-state index in [1.54, 1.807) is 45.0 Å². The number of alkyl carbamates (subject to hydrolysis) is 1. The van der Waals surface area contributed by atoms with Crippen LogP contribution in [0.1, 0.15) is 37.5 Å². The second-order valence-electron chi connectivity index (χ2n) is 7.13. The van der Waals surface area contributed by atoms with Gasteiger partial charge in [0.05, 0.1) is 17.1 Å². The van der Waals surface area contributed by atoms with Gasteiger partial charge < -0.3 is 14.8 Å². The Morgan fingerprint density at radius 3 is 2.68 bits per heavy atom. The van der Waals surface area contributed by atoms with Gasteiger partial charge in [-0.2, -0.15) is 5.26 Å². The molecule has 1 N–H and O–H groups in total. The zero-order valence-corrected chi connectivity index (χ0v) is 16.8. The fraction of sp³-hybridized carbons (Fsp3) is 0.333. The highest BCUT2D eigenvalue weighted by atomic mass is 35.5. The molecular formula is C21H22ClFN2O3. The minimum atomic E-state index is -0.573. The first-order valence-electron chi connectivity index (χ1n) is 8.74. The molecule has 0 unspecified atom stereocenters. The number of ether oxygens (including phenoxy) is 2. The Balaban J connectivity index is 2.01. The van der Waals surface area contributed by atoms with Crippen LogP contribution < -0.4 is 10.1 Å². The molecule has 148 valence electrons. The molecule has 0 bridgehead atoms. The molecule has 0 radical (unpaired) electrons. The van der Waals surface area contributed by atoms with Crippen LogP contribution in [-0.4, -0.2) is 24.8 Å². The third-order valence-corrected chi connectivity index (χ3v) is 3.93. The van der Waals surface area contributed by atoms with Gasteiger partial charge in [0.25, 0.3) is 0 Å². The highest BCUT2D eigenvalue weighted by molar-refractivity contribution is 6.31. The van der Waals surface area contributed by atoms with E-state index in [2.05, 4.69) is 5.32 Å². The van der Waals surface area contributed by atoms with Crippen molar-refractivity contribution in [1.29, 1.82) is 5.26 Å². The normalized spacial score (nSPS) is 10.9. The Labute approximate surface area is 169 Å². The van der Waals surface area contributed by atoms with Crippen molar-refractivity contribution in [3.05, 3.63) is 63.9 Å². The summed E-state index contributed by atoms with van der Waals surface area (Å²) in [6.45, 7) is 5.78. The number of nitrogens with one attached hydrogen (secondary N) is 1. The average molecular weight is 405 g/mol. The number of benzene rings is 2. The van der Waals surface area contributed by atoms with Gasteiger partial charge in [-0.1, -0.05) is 17.7 Å². The Hall–Kier alpha value is -2.78. The van der Waals surface area contributed by atoms with Crippen LogP contribution in [0.15, 0.2) is 36.4 Å². The van der Waals surface area contributed by atoms with Crippen LogP contribution in [0.2, 0.25) is 5.02 Å². The van der Waals surface area contributed by atoms with Crippen molar-refractivity contribution in [2.24, 2.45) is 0 Å². The highest BCUT2D eigenvalue weighted by Crippen LogP contribution is 2.25. The lowest BCUT2D eigenvalue weighted by Gasteiger charge is -2.19. The van der Waals surface area contributed by atoms with E-state index in [0.717, 1.165) is 5.56 Å². The maximum atomic E-state index is 13.7. The smallest absolute Gasteiger partial charge is 0.407 e. The lowest BCUT2D eigenvalue weighted by atomic mass is 10.0. The van der Waals surface area contributed by atoms with Crippen LogP contribution in [-0.2, 0) is 11.2 Å². The minimum Gasteiger partial charge on any atom is -0.491 e. The summed E-state index contributed by atoms with van der Waals surface area (Å²) in [6, 6.07) is 11.3. The molecule has 0 aliphatic carbocycles. The summed E-state index contributed by atoms with van der Waals surface area (Å²) >= 11 is 5.95. The van der Waals surface area contributed by atoms with Gasteiger partial charge in [-0.25, -0.2) is 9.18 Å². The number of carbonyl (C=O) groups excluding carboxylic acids is 1. The van der Waals surface area contributed by atoms with E-state index in [9.17, 15) is 9.18 Å². The summed E-state index contributed by atoms with van der Waals surface area (Å²) in [7, 11) is 0. The Morgan fingerprint density at radius 1 is 1.25 bits per heavy atom.